The Kier molecular flexibility index (Phi) is 6.90. The summed E-state index contributed by atoms with van der Waals surface area (Å²) in [5.41, 5.74) is 1.49. The number of ether oxygens (including phenoxy) is 1. The van der Waals surface area contributed by atoms with Gasteiger partial charge in [-0.2, -0.15) is 0 Å². The summed E-state index contributed by atoms with van der Waals surface area (Å²) in [6, 6.07) is 6.70. The number of carbonyl (C=O) groups is 3. The van der Waals surface area contributed by atoms with Gasteiger partial charge < -0.3 is 10.1 Å². The van der Waals surface area contributed by atoms with Crippen LogP contribution in [0.5, 0.6) is 0 Å². The molecule has 8 nitrogen and oxygen atoms in total. The molecule has 0 saturated carbocycles. The van der Waals surface area contributed by atoms with E-state index in [0.29, 0.717) is 5.03 Å². The monoisotopic (exact) mass is 360 g/mol. The second kappa shape index (κ2) is 9.38. The molecule has 0 aliphatic rings. The first kappa shape index (κ1) is 18.4. The molecule has 2 N–H and O–H groups in total. The van der Waals surface area contributed by atoms with Crippen LogP contribution in [-0.2, 0) is 14.3 Å². The summed E-state index contributed by atoms with van der Waals surface area (Å²) < 4.78 is 4.80. The van der Waals surface area contributed by atoms with Crippen molar-refractivity contribution < 1.29 is 19.1 Å². The van der Waals surface area contributed by atoms with Gasteiger partial charge in [0.15, 0.2) is 6.61 Å². The van der Waals surface area contributed by atoms with Crippen molar-refractivity contribution in [3.63, 3.8) is 0 Å². The first-order valence-electron chi connectivity index (χ1n) is 7.27. The lowest BCUT2D eigenvalue weighted by atomic mass is 10.3. The van der Waals surface area contributed by atoms with Gasteiger partial charge in [0.2, 0.25) is 0 Å². The molecule has 0 unspecified atom stereocenters. The fourth-order valence-corrected chi connectivity index (χ4v) is 2.34. The Morgan fingerprint density at radius 3 is 2.76 bits per heavy atom. The van der Waals surface area contributed by atoms with Crippen molar-refractivity contribution in [3.8, 4) is 0 Å². The Hall–Kier alpha value is -2.94. The number of nitrogens with zero attached hydrogens (tertiary/aromatic N) is 2. The largest absolute Gasteiger partial charge is 0.455 e. The van der Waals surface area contributed by atoms with Crippen LogP contribution in [0.15, 0.2) is 48.1 Å². The number of hydrogen-bond acceptors (Lipinski definition) is 7. The highest BCUT2D eigenvalue weighted by molar-refractivity contribution is 7.99. The smallest absolute Gasteiger partial charge is 0.321 e. The highest BCUT2D eigenvalue weighted by Crippen LogP contribution is 2.17. The molecule has 1 heterocycles. The molecule has 0 aliphatic carbocycles. The van der Waals surface area contributed by atoms with Crippen molar-refractivity contribution in [2.45, 2.75) is 5.03 Å². The number of esters is 1. The lowest BCUT2D eigenvalue weighted by molar-refractivity contribution is -0.145. The number of urea groups is 1. The molecular formula is C16H16N4O4S. The van der Waals surface area contributed by atoms with Gasteiger partial charge in [-0.1, -0.05) is 30.0 Å². The van der Waals surface area contributed by atoms with Crippen LogP contribution in [0.4, 0.5) is 4.79 Å². The third-order valence-corrected chi connectivity index (χ3v) is 3.66. The molecule has 0 radical (unpaired) electrons. The molecule has 0 fully saturated rings. The number of nitrogens with one attached hydrogen (secondary N) is 2. The van der Waals surface area contributed by atoms with Crippen LogP contribution in [-0.4, -0.2) is 46.8 Å². The first-order valence-corrected chi connectivity index (χ1v) is 8.26. The summed E-state index contributed by atoms with van der Waals surface area (Å²) in [5, 5.41) is 4.96. The maximum atomic E-state index is 11.7. The zero-order valence-corrected chi connectivity index (χ0v) is 14.0. The van der Waals surface area contributed by atoms with Crippen LogP contribution in [0.25, 0.3) is 11.0 Å². The van der Waals surface area contributed by atoms with Crippen molar-refractivity contribution in [1.29, 1.82) is 0 Å². The summed E-state index contributed by atoms with van der Waals surface area (Å²) in [7, 11) is 0. The molecule has 0 bridgehead atoms. The quantitative estimate of drug-likeness (QED) is 0.435. The Bertz CT molecular complexity index is 797. The average molecular weight is 360 g/mol. The van der Waals surface area contributed by atoms with Gasteiger partial charge in [0, 0.05) is 6.54 Å². The summed E-state index contributed by atoms with van der Waals surface area (Å²) in [4.78, 5) is 42.9. The number of amides is 3. The first-order chi connectivity index (χ1) is 12.1. The fourth-order valence-electron chi connectivity index (χ4n) is 1.70. The van der Waals surface area contributed by atoms with Crippen LogP contribution >= 0.6 is 11.8 Å². The number of benzene rings is 1. The third kappa shape index (κ3) is 6.22. The van der Waals surface area contributed by atoms with Crippen LogP contribution in [0.3, 0.4) is 0 Å². The predicted molar refractivity (Wildman–Crippen MR) is 93.0 cm³/mol. The SMILES string of the molecule is C=CCNC(=O)NC(=O)COC(=O)CSc1cnc2ccccc2n1. The minimum Gasteiger partial charge on any atom is -0.455 e. The fraction of sp³-hybridized carbons (Fsp3) is 0.188. The highest BCUT2D eigenvalue weighted by Gasteiger charge is 2.11. The number of carbonyl (C=O) groups excluding carboxylic acids is 3. The van der Waals surface area contributed by atoms with E-state index in [9.17, 15) is 14.4 Å². The second-order valence-electron chi connectivity index (χ2n) is 4.69. The zero-order valence-electron chi connectivity index (χ0n) is 13.2. The zero-order chi connectivity index (χ0) is 18.1. The summed E-state index contributed by atoms with van der Waals surface area (Å²) in [6.07, 6.45) is 3.04. The van der Waals surface area contributed by atoms with Crippen molar-refractivity contribution in [3.05, 3.63) is 43.1 Å². The summed E-state index contributed by atoms with van der Waals surface area (Å²) in [6.45, 7) is 3.11. The minimum absolute atomic E-state index is 0.0248. The van der Waals surface area contributed by atoms with Crippen molar-refractivity contribution in [2.75, 3.05) is 18.9 Å². The van der Waals surface area contributed by atoms with E-state index in [1.807, 2.05) is 29.6 Å². The molecule has 1 aromatic carbocycles. The average Bonchev–Trinajstić information content (AvgIpc) is 2.62. The van der Waals surface area contributed by atoms with Crippen LogP contribution < -0.4 is 10.6 Å². The van der Waals surface area contributed by atoms with Crippen LogP contribution in [0.2, 0.25) is 0 Å². The van der Waals surface area contributed by atoms with E-state index in [1.54, 1.807) is 6.20 Å². The molecule has 2 rings (SSSR count). The molecule has 3 amide bonds. The Morgan fingerprint density at radius 1 is 1.24 bits per heavy atom. The molecule has 0 aliphatic heterocycles. The lowest BCUT2D eigenvalue weighted by Crippen LogP contribution is -2.41. The summed E-state index contributed by atoms with van der Waals surface area (Å²) in [5.74, 6) is -1.34. The van der Waals surface area contributed by atoms with E-state index in [1.165, 1.54) is 6.08 Å². The van der Waals surface area contributed by atoms with Crippen molar-refractivity contribution in [1.82, 2.24) is 20.6 Å². The maximum absolute atomic E-state index is 11.7. The number of rotatable bonds is 7. The molecule has 9 heteroatoms. The number of imide groups is 1. The van der Waals surface area contributed by atoms with E-state index >= 15 is 0 Å². The molecule has 0 atom stereocenters. The van der Waals surface area contributed by atoms with Crippen LogP contribution in [0, 0.1) is 0 Å². The van der Waals surface area contributed by atoms with E-state index in [2.05, 4.69) is 21.9 Å². The Morgan fingerprint density at radius 2 is 2.00 bits per heavy atom. The molecule has 0 saturated heterocycles. The van der Waals surface area contributed by atoms with Gasteiger partial charge in [-0.25, -0.2) is 9.78 Å². The molecule has 25 heavy (non-hydrogen) atoms. The van der Waals surface area contributed by atoms with E-state index < -0.39 is 24.5 Å². The van der Waals surface area contributed by atoms with E-state index in [0.717, 1.165) is 22.8 Å². The highest BCUT2D eigenvalue weighted by atomic mass is 32.2. The molecule has 1 aromatic heterocycles. The number of fused-ring (bicyclic) bond motifs is 1. The van der Waals surface area contributed by atoms with Crippen molar-refractivity contribution in [2.24, 2.45) is 0 Å². The van der Waals surface area contributed by atoms with Gasteiger partial charge in [-0.3, -0.25) is 19.9 Å². The Labute approximate surface area is 148 Å². The third-order valence-electron chi connectivity index (χ3n) is 2.79. The number of aromatic nitrogens is 2. The number of hydrogen-bond donors (Lipinski definition) is 2. The Balaban J connectivity index is 1.73. The van der Waals surface area contributed by atoms with Gasteiger partial charge in [0.05, 0.1) is 23.0 Å². The standard InChI is InChI=1S/C16H16N4O4S/c1-2-7-17-16(23)20-13(21)9-24-15(22)10-25-14-8-18-11-5-3-4-6-12(11)19-14/h2-6,8H,1,7,9-10H2,(H2,17,20,21,23). The summed E-state index contributed by atoms with van der Waals surface area (Å²) >= 11 is 1.15. The second-order valence-corrected chi connectivity index (χ2v) is 5.69. The van der Waals surface area contributed by atoms with Crippen LogP contribution in [0.1, 0.15) is 0 Å². The maximum Gasteiger partial charge on any atom is 0.321 e. The van der Waals surface area contributed by atoms with E-state index in [-0.39, 0.29) is 12.3 Å². The molecule has 2 aromatic rings. The normalized spacial score (nSPS) is 10.1. The van der Waals surface area contributed by atoms with Gasteiger partial charge in [-0.05, 0) is 12.1 Å². The minimum atomic E-state index is -0.717. The van der Waals surface area contributed by atoms with E-state index in [4.69, 9.17) is 4.74 Å². The molecule has 130 valence electrons. The predicted octanol–water partition coefficient (Wildman–Crippen LogP) is 1.28. The molecular weight excluding hydrogens is 344 g/mol. The van der Waals surface area contributed by atoms with Gasteiger partial charge in [-0.15, -0.1) is 6.58 Å². The van der Waals surface area contributed by atoms with Gasteiger partial charge in [0.1, 0.15) is 5.03 Å². The van der Waals surface area contributed by atoms with Crippen molar-refractivity contribution >= 4 is 40.7 Å². The van der Waals surface area contributed by atoms with Gasteiger partial charge in [0.25, 0.3) is 5.91 Å². The number of thioether (sulfide) groups is 1. The van der Waals surface area contributed by atoms with Gasteiger partial charge >= 0.3 is 12.0 Å². The topological polar surface area (TPSA) is 110 Å². The number of para-hydroxylation sites is 2. The lowest BCUT2D eigenvalue weighted by Gasteiger charge is -2.06. The molecule has 0 spiro atoms.